The Kier molecular flexibility index (Phi) is 4.86. The van der Waals surface area contributed by atoms with Crippen LogP contribution in [-0.2, 0) is 19.5 Å². The molecule has 0 aliphatic carbocycles. The van der Waals surface area contributed by atoms with Gasteiger partial charge in [-0.3, -0.25) is 0 Å². The molecule has 1 aliphatic heterocycles. The lowest BCUT2D eigenvalue weighted by atomic mass is 10.0. The van der Waals surface area contributed by atoms with Crippen molar-refractivity contribution in [3.8, 4) is 0 Å². The number of rotatable bonds is 5. The van der Waals surface area contributed by atoms with Crippen LogP contribution in [0.5, 0.6) is 0 Å². The van der Waals surface area contributed by atoms with Gasteiger partial charge in [-0.1, -0.05) is 22.0 Å². The molecule has 5 nitrogen and oxygen atoms in total. The van der Waals surface area contributed by atoms with Gasteiger partial charge in [0.1, 0.15) is 5.60 Å². The molecule has 0 radical (unpaired) electrons. The van der Waals surface area contributed by atoms with Gasteiger partial charge < -0.3 is 9.47 Å². The molecule has 112 valence electrons. The van der Waals surface area contributed by atoms with E-state index in [1.165, 1.54) is 0 Å². The average molecular weight is 364 g/mol. The van der Waals surface area contributed by atoms with Crippen molar-refractivity contribution in [1.29, 1.82) is 0 Å². The zero-order chi connectivity index (χ0) is 14.8. The molecule has 0 aromatic heterocycles. The maximum Gasteiger partial charge on any atom is 0.240 e. The van der Waals surface area contributed by atoms with E-state index in [9.17, 15) is 8.42 Å². The molecule has 7 heteroatoms. The Labute approximate surface area is 127 Å². The number of benzene rings is 1. The molecule has 1 fully saturated rings. The van der Waals surface area contributed by atoms with Crippen molar-refractivity contribution in [2.75, 3.05) is 26.9 Å². The Bertz CT molecular complexity index is 582. The van der Waals surface area contributed by atoms with E-state index in [0.717, 1.165) is 4.47 Å². The van der Waals surface area contributed by atoms with E-state index < -0.39 is 15.6 Å². The molecule has 0 bridgehead atoms. The maximum absolute atomic E-state index is 12.4. The first-order chi connectivity index (χ1) is 9.38. The summed E-state index contributed by atoms with van der Waals surface area (Å²) in [6.07, 6.45) is 0.684. The third-order valence-corrected chi connectivity index (χ3v) is 5.56. The number of halogens is 1. The van der Waals surface area contributed by atoms with Crippen LogP contribution in [0.3, 0.4) is 0 Å². The van der Waals surface area contributed by atoms with Crippen LogP contribution in [0, 0.1) is 6.92 Å². The van der Waals surface area contributed by atoms with Crippen LogP contribution < -0.4 is 4.72 Å². The molecule has 20 heavy (non-hydrogen) atoms. The summed E-state index contributed by atoms with van der Waals surface area (Å²) in [7, 11) is -1.99. The number of hydrogen-bond acceptors (Lipinski definition) is 4. The van der Waals surface area contributed by atoms with Crippen LogP contribution in [0.4, 0.5) is 0 Å². The lowest BCUT2D eigenvalue weighted by Gasteiger charge is -2.26. The van der Waals surface area contributed by atoms with Crippen molar-refractivity contribution in [3.05, 3.63) is 28.2 Å². The summed E-state index contributed by atoms with van der Waals surface area (Å²) >= 11 is 3.29. The minimum Gasteiger partial charge on any atom is -0.378 e. The van der Waals surface area contributed by atoms with Gasteiger partial charge in [0.15, 0.2) is 0 Å². The Morgan fingerprint density at radius 1 is 1.50 bits per heavy atom. The van der Waals surface area contributed by atoms with E-state index in [0.29, 0.717) is 25.2 Å². The summed E-state index contributed by atoms with van der Waals surface area (Å²) in [5, 5.41) is 0. The van der Waals surface area contributed by atoms with Crippen molar-refractivity contribution in [2.45, 2.75) is 23.8 Å². The first kappa shape index (κ1) is 15.9. The molecule has 1 N–H and O–H groups in total. The monoisotopic (exact) mass is 363 g/mol. The molecule has 0 amide bonds. The number of ether oxygens (including phenoxy) is 2. The van der Waals surface area contributed by atoms with Crippen molar-refractivity contribution in [3.63, 3.8) is 0 Å². The van der Waals surface area contributed by atoms with E-state index in [1.807, 2.05) is 6.07 Å². The van der Waals surface area contributed by atoms with Gasteiger partial charge in [-0.25, -0.2) is 13.1 Å². The van der Waals surface area contributed by atoms with Gasteiger partial charge in [0.05, 0.1) is 11.5 Å². The normalized spacial score (nSPS) is 23.1. The second-order valence-corrected chi connectivity index (χ2v) is 7.58. The largest absolute Gasteiger partial charge is 0.378 e. The molecule has 1 aliphatic rings. The molecule has 0 spiro atoms. The molecular formula is C13H18BrNO4S. The Hall–Kier alpha value is -0.470. The van der Waals surface area contributed by atoms with Gasteiger partial charge in [-0.15, -0.1) is 0 Å². The molecule has 2 rings (SSSR count). The van der Waals surface area contributed by atoms with Crippen molar-refractivity contribution < 1.29 is 17.9 Å². The minimum atomic E-state index is -3.56. The lowest BCUT2D eigenvalue weighted by molar-refractivity contribution is -0.0120. The number of aryl methyl sites for hydroxylation is 1. The number of nitrogens with one attached hydrogen (secondary N) is 1. The predicted octanol–water partition coefficient (Wildman–Crippen LogP) is 1.84. The summed E-state index contributed by atoms with van der Waals surface area (Å²) in [5.74, 6) is 0. The third kappa shape index (κ3) is 3.40. The van der Waals surface area contributed by atoms with Crippen LogP contribution in [0.2, 0.25) is 0 Å². The van der Waals surface area contributed by atoms with Gasteiger partial charge in [0.25, 0.3) is 0 Å². The molecular weight excluding hydrogens is 346 g/mol. The van der Waals surface area contributed by atoms with E-state index in [4.69, 9.17) is 9.47 Å². The zero-order valence-corrected chi connectivity index (χ0v) is 13.9. The van der Waals surface area contributed by atoms with E-state index in [1.54, 1.807) is 26.2 Å². The second-order valence-electron chi connectivity index (χ2n) is 4.92. The highest BCUT2D eigenvalue weighted by molar-refractivity contribution is 9.10. The third-order valence-electron chi connectivity index (χ3n) is 3.52. The topological polar surface area (TPSA) is 64.6 Å². The quantitative estimate of drug-likeness (QED) is 0.866. The van der Waals surface area contributed by atoms with Crippen molar-refractivity contribution in [2.24, 2.45) is 0 Å². The van der Waals surface area contributed by atoms with Gasteiger partial charge in [-0.2, -0.15) is 0 Å². The fraction of sp³-hybridized carbons (Fsp3) is 0.538. The molecule has 1 aromatic carbocycles. The fourth-order valence-electron chi connectivity index (χ4n) is 2.13. The maximum atomic E-state index is 12.4. The number of methoxy groups -OCH3 is 1. The Balaban J connectivity index is 2.17. The Morgan fingerprint density at radius 3 is 2.85 bits per heavy atom. The van der Waals surface area contributed by atoms with Gasteiger partial charge >= 0.3 is 0 Å². The highest BCUT2D eigenvalue weighted by Gasteiger charge is 2.36. The zero-order valence-electron chi connectivity index (χ0n) is 11.5. The van der Waals surface area contributed by atoms with E-state index >= 15 is 0 Å². The molecule has 1 heterocycles. The standard InChI is InChI=1S/C13H18BrNO4S/c1-10-3-4-11(14)7-12(10)20(16,17)15-8-13(18-2)5-6-19-9-13/h3-4,7,15H,5-6,8-9H2,1-2H3. The molecule has 1 unspecified atom stereocenters. The lowest BCUT2D eigenvalue weighted by Crippen LogP contribution is -2.45. The number of hydrogen-bond donors (Lipinski definition) is 1. The molecule has 0 saturated carbocycles. The van der Waals surface area contributed by atoms with Crippen LogP contribution >= 0.6 is 15.9 Å². The minimum absolute atomic E-state index is 0.206. The second kappa shape index (κ2) is 6.11. The highest BCUT2D eigenvalue weighted by atomic mass is 79.9. The van der Waals surface area contributed by atoms with Crippen LogP contribution in [0.1, 0.15) is 12.0 Å². The summed E-state index contributed by atoms with van der Waals surface area (Å²) < 4.78 is 38.9. The summed E-state index contributed by atoms with van der Waals surface area (Å²) in [6, 6.07) is 5.18. The number of sulfonamides is 1. The van der Waals surface area contributed by atoms with Gasteiger partial charge in [-0.05, 0) is 24.6 Å². The summed E-state index contributed by atoms with van der Waals surface area (Å²) in [6.45, 7) is 2.97. The van der Waals surface area contributed by atoms with Crippen LogP contribution in [0.15, 0.2) is 27.6 Å². The van der Waals surface area contributed by atoms with E-state index in [2.05, 4.69) is 20.7 Å². The van der Waals surface area contributed by atoms with Crippen LogP contribution in [-0.4, -0.2) is 40.9 Å². The highest BCUT2D eigenvalue weighted by Crippen LogP contribution is 2.24. The SMILES string of the molecule is COC1(CNS(=O)(=O)c2cc(Br)ccc2C)CCOC1. The molecule has 1 aromatic rings. The summed E-state index contributed by atoms with van der Waals surface area (Å²) in [4.78, 5) is 0.275. The van der Waals surface area contributed by atoms with E-state index in [-0.39, 0.29) is 11.4 Å². The molecule has 1 atom stereocenters. The first-order valence-electron chi connectivity index (χ1n) is 6.27. The van der Waals surface area contributed by atoms with Gasteiger partial charge in [0.2, 0.25) is 10.0 Å². The van der Waals surface area contributed by atoms with Gasteiger partial charge in [0, 0.05) is 31.2 Å². The van der Waals surface area contributed by atoms with Crippen molar-refractivity contribution >= 4 is 26.0 Å². The average Bonchev–Trinajstić information content (AvgIpc) is 2.89. The Morgan fingerprint density at radius 2 is 2.25 bits per heavy atom. The predicted molar refractivity (Wildman–Crippen MR) is 79.2 cm³/mol. The summed E-state index contributed by atoms with van der Waals surface area (Å²) in [5.41, 5.74) is 0.141. The van der Waals surface area contributed by atoms with Crippen molar-refractivity contribution in [1.82, 2.24) is 4.72 Å². The smallest absolute Gasteiger partial charge is 0.240 e. The first-order valence-corrected chi connectivity index (χ1v) is 8.55. The molecule has 1 saturated heterocycles. The fourth-order valence-corrected chi connectivity index (χ4v) is 4.02. The van der Waals surface area contributed by atoms with Crippen LogP contribution in [0.25, 0.3) is 0 Å².